The highest BCUT2D eigenvalue weighted by Crippen LogP contribution is 2.29. The molecule has 1 unspecified atom stereocenters. The quantitative estimate of drug-likeness (QED) is 0.867. The van der Waals surface area contributed by atoms with Crippen molar-refractivity contribution in [2.75, 3.05) is 0 Å². The van der Waals surface area contributed by atoms with E-state index in [9.17, 15) is 8.78 Å². The molecule has 1 aliphatic heterocycles. The number of hydrogen-bond donors (Lipinski definition) is 1. The molecule has 0 fully saturated rings. The van der Waals surface area contributed by atoms with Crippen molar-refractivity contribution in [1.29, 1.82) is 0 Å². The SMILES string of the molecule is Cc1cc(C)n(C2C=CC=C(c3ccc(F)c(F)c3)N2N)n1. The molecule has 114 valence electrons. The van der Waals surface area contributed by atoms with Crippen LogP contribution in [0.25, 0.3) is 5.70 Å². The van der Waals surface area contributed by atoms with Gasteiger partial charge in [0.1, 0.15) is 0 Å². The van der Waals surface area contributed by atoms with E-state index >= 15 is 0 Å². The number of hydrogen-bond acceptors (Lipinski definition) is 3. The van der Waals surface area contributed by atoms with Gasteiger partial charge in [-0.25, -0.2) is 19.3 Å². The second-order valence-electron chi connectivity index (χ2n) is 5.26. The average molecular weight is 302 g/mol. The summed E-state index contributed by atoms with van der Waals surface area (Å²) in [5.41, 5.74) is 2.97. The molecular formula is C16H16F2N4. The van der Waals surface area contributed by atoms with Gasteiger partial charge in [0.15, 0.2) is 17.8 Å². The van der Waals surface area contributed by atoms with Crippen LogP contribution in [0, 0.1) is 25.5 Å². The molecular weight excluding hydrogens is 286 g/mol. The van der Waals surface area contributed by atoms with E-state index in [-0.39, 0.29) is 6.17 Å². The Morgan fingerprint density at radius 2 is 1.91 bits per heavy atom. The summed E-state index contributed by atoms with van der Waals surface area (Å²) in [5.74, 6) is 4.41. The number of rotatable bonds is 2. The van der Waals surface area contributed by atoms with E-state index in [1.165, 1.54) is 11.1 Å². The third-order valence-corrected chi connectivity index (χ3v) is 3.61. The molecule has 1 aromatic heterocycles. The third kappa shape index (κ3) is 2.42. The highest BCUT2D eigenvalue weighted by atomic mass is 19.2. The lowest BCUT2D eigenvalue weighted by Crippen LogP contribution is -2.38. The van der Waals surface area contributed by atoms with Crippen molar-refractivity contribution >= 4 is 5.70 Å². The van der Waals surface area contributed by atoms with E-state index < -0.39 is 11.6 Å². The predicted molar refractivity (Wildman–Crippen MR) is 80.2 cm³/mol. The van der Waals surface area contributed by atoms with Gasteiger partial charge in [-0.3, -0.25) is 5.01 Å². The number of halogens is 2. The van der Waals surface area contributed by atoms with Crippen molar-refractivity contribution < 1.29 is 8.78 Å². The zero-order valence-electron chi connectivity index (χ0n) is 12.3. The van der Waals surface area contributed by atoms with Crippen LogP contribution in [0.5, 0.6) is 0 Å². The molecule has 1 aromatic carbocycles. The average Bonchev–Trinajstić information content (AvgIpc) is 2.81. The van der Waals surface area contributed by atoms with Crippen LogP contribution < -0.4 is 5.84 Å². The van der Waals surface area contributed by atoms with Gasteiger partial charge in [0.2, 0.25) is 0 Å². The molecule has 2 heterocycles. The molecule has 0 amide bonds. The van der Waals surface area contributed by atoms with Crippen LogP contribution in [0.1, 0.15) is 23.1 Å². The summed E-state index contributed by atoms with van der Waals surface area (Å²) in [6.45, 7) is 3.85. The normalized spacial score (nSPS) is 17.8. The molecule has 0 spiro atoms. The predicted octanol–water partition coefficient (Wildman–Crippen LogP) is 3.06. The first-order chi connectivity index (χ1) is 10.5. The van der Waals surface area contributed by atoms with Gasteiger partial charge in [-0.2, -0.15) is 5.10 Å². The Kier molecular flexibility index (Phi) is 3.54. The van der Waals surface area contributed by atoms with E-state index in [1.54, 1.807) is 10.8 Å². The molecule has 1 atom stereocenters. The standard InChI is InChI=1S/C16H16F2N4/c1-10-8-11(2)22(20-10)16-5-3-4-15(21(16)19)12-6-7-13(17)14(18)9-12/h3-9,16H,19H2,1-2H3. The van der Waals surface area contributed by atoms with Gasteiger partial charge in [0.25, 0.3) is 0 Å². The molecule has 6 heteroatoms. The lowest BCUT2D eigenvalue weighted by atomic mass is 10.1. The van der Waals surface area contributed by atoms with Crippen molar-refractivity contribution in [3.63, 3.8) is 0 Å². The molecule has 0 bridgehead atoms. The molecule has 1 aliphatic rings. The monoisotopic (exact) mass is 302 g/mol. The highest BCUT2D eigenvalue weighted by molar-refractivity contribution is 5.66. The summed E-state index contributed by atoms with van der Waals surface area (Å²) in [6.07, 6.45) is 5.17. The zero-order chi connectivity index (χ0) is 15.9. The lowest BCUT2D eigenvalue weighted by molar-refractivity contribution is 0.252. The first kappa shape index (κ1) is 14.5. The topological polar surface area (TPSA) is 47.1 Å². The van der Waals surface area contributed by atoms with Gasteiger partial charge in [0.05, 0.1) is 11.4 Å². The largest absolute Gasteiger partial charge is 0.283 e. The van der Waals surface area contributed by atoms with Gasteiger partial charge >= 0.3 is 0 Å². The van der Waals surface area contributed by atoms with Crippen LogP contribution in [0.2, 0.25) is 0 Å². The van der Waals surface area contributed by atoms with Crippen LogP contribution in [0.15, 0.2) is 42.5 Å². The highest BCUT2D eigenvalue weighted by Gasteiger charge is 2.23. The minimum atomic E-state index is -0.899. The fraction of sp³-hybridized carbons (Fsp3) is 0.188. The van der Waals surface area contributed by atoms with Crippen LogP contribution in [0.4, 0.5) is 8.78 Å². The number of aryl methyl sites for hydroxylation is 2. The van der Waals surface area contributed by atoms with Crippen molar-refractivity contribution in [2.45, 2.75) is 20.0 Å². The maximum atomic E-state index is 13.5. The molecule has 4 nitrogen and oxygen atoms in total. The first-order valence-electron chi connectivity index (χ1n) is 6.88. The lowest BCUT2D eigenvalue weighted by Gasteiger charge is -2.32. The summed E-state index contributed by atoms with van der Waals surface area (Å²) in [5, 5.41) is 5.92. The Morgan fingerprint density at radius 1 is 1.14 bits per heavy atom. The number of aromatic nitrogens is 2. The third-order valence-electron chi connectivity index (χ3n) is 3.61. The summed E-state index contributed by atoms with van der Waals surface area (Å²) >= 11 is 0. The van der Waals surface area contributed by atoms with Crippen molar-refractivity contribution in [1.82, 2.24) is 14.8 Å². The van der Waals surface area contributed by atoms with Crippen molar-refractivity contribution in [3.05, 3.63) is 71.1 Å². The molecule has 2 aromatic rings. The number of benzene rings is 1. The molecule has 3 rings (SSSR count). The summed E-state index contributed by atoms with van der Waals surface area (Å²) in [4.78, 5) is 0. The Labute approximate surface area is 127 Å². The van der Waals surface area contributed by atoms with Gasteiger partial charge in [-0.15, -0.1) is 0 Å². The maximum Gasteiger partial charge on any atom is 0.159 e. The number of allylic oxidation sites excluding steroid dienone is 2. The van der Waals surface area contributed by atoms with Crippen LogP contribution in [-0.4, -0.2) is 14.8 Å². The number of nitrogens with zero attached hydrogens (tertiary/aromatic N) is 3. The van der Waals surface area contributed by atoms with E-state index in [4.69, 9.17) is 5.84 Å². The second kappa shape index (κ2) is 5.38. The Morgan fingerprint density at radius 3 is 2.55 bits per heavy atom. The van der Waals surface area contributed by atoms with Crippen molar-refractivity contribution in [3.8, 4) is 0 Å². The summed E-state index contributed by atoms with van der Waals surface area (Å²) in [6, 6.07) is 5.69. The van der Waals surface area contributed by atoms with Gasteiger partial charge in [-0.1, -0.05) is 6.08 Å². The van der Waals surface area contributed by atoms with E-state index in [0.29, 0.717) is 11.3 Å². The van der Waals surface area contributed by atoms with Crippen LogP contribution in [0.3, 0.4) is 0 Å². The van der Waals surface area contributed by atoms with E-state index in [1.807, 2.05) is 32.1 Å². The minimum Gasteiger partial charge on any atom is -0.283 e. The second-order valence-corrected chi connectivity index (χ2v) is 5.26. The van der Waals surface area contributed by atoms with Gasteiger partial charge < -0.3 is 0 Å². The van der Waals surface area contributed by atoms with E-state index in [0.717, 1.165) is 23.5 Å². The van der Waals surface area contributed by atoms with E-state index in [2.05, 4.69) is 5.10 Å². The van der Waals surface area contributed by atoms with Crippen molar-refractivity contribution in [2.24, 2.45) is 5.84 Å². The zero-order valence-corrected chi connectivity index (χ0v) is 12.3. The van der Waals surface area contributed by atoms with Gasteiger partial charge in [-0.05, 0) is 50.3 Å². The molecule has 0 saturated heterocycles. The van der Waals surface area contributed by atoms with Crippen LogP contribution >= 0.6 is 0 Å². The van der Waals surface area contributed by atoms with Gasteiger partial charge in [0, 0.05) is 11.3 Å². The Bertz CT molecular complexity index is 776. The number of nitrogens with two attached hydrogens (primary N) is 1. The smallest absolute Gasteiger partial charge is 0.159 e. The molecule has 0 radical (unpaired) electrons. The first-order valence-corrected chi connectivity index (χ1v) is 6.88. The Hall–Kier alpha value is -2.47. The minimum absolute atomic E-state index is 0.318. The molecule has 2 N–H and O–H groups in total. The summed E-state index contributed by atoms with van der Waals surface area (Å²) < 4.78 is 28.3. The fourth-order valence-corrected chi connectivity index (χ4v) is 2.58. The molecule has 0 aliphatic carbocycles. The Balaban J connectivity index is 1.97. The summed E-state index contributed by atoms with van der Waals surface area (Å²) in [7, 11) is 0. The molecule has 0 saturated carbocycles. The van der Waals surface area contributed by atoms with Crippen LogP contribution in [-0.2, 0) is 0 Å². The number of hydrazine groups is 1. The fourth-order valence-electron chi connectivity index (χ4n) is 2.58. The molecule has 22 heavy (non-hydrogen) atoms. The maximum absolute atomic E-state index is 13.5.